The lowest BCUT2D eigenvalue weighted by Crippen LogP contribution is -2.08. The van der Waals surface area contributed by atoms with E-state index in [0.29, 0.717) is 12.0 Å². The molecule has 0 aliphatic carbocycles. The summed E-state index contributed by atoms with van der Waals surface area (Å²) < 4.78 is 37.4. The predicted molar refractivity (Wildman–Crippen MR) is 68.5 cm³/mol. The summed E-state index contributed by atoms with van der Waals surface area (Å²) in [7, 11) is 0. The van der Waals surface area contributed by atoms with E-state index in [1.165, 1.54) is 18.3 Å². The van der Waals surface area contributed by atoms with Gasteiger partial charge in [0.25, 0.3) is 0 Å². The fourth-order valence-electron chi connectivity index (χ4n) is 1.90. The molecule has 1 aromatic carbocycles. The third-order valence-electron chi connectivity index (χ3n) is 3.00. The first-order valence-corrected chi connectivity index (χ1v) is 6.08. The molecular formula is C15H12F3NO. The SMILES string of the molecule is CCc1cnccc1C(=O)c1ccc(C(F)(F)F)cc1. The van der Waals surface area contributed by atoms with E-state index in [1.54, 1.807) is 12.3 Å². The highest BCUT2D eigenvalue weighted by Gasteiger charge is 2.30. The number of alkyl halides is 3. The van der Waals surface area contributed by atoms with Crippen LogP contribution in [0.3, 0.4) is 0 Å². The highest BCUT2D eigenvalue weighted by molar-refractivity contribution is 6.09. The molecule has 0 saturated carbocycles. The second-order valence-corrected chi connectivity index (χ2v) is 4.29. The van der Waals surface area contributed by atoms with Crippen LogP contribution in [0.1, 0.15) is 34.0 Å². The molecule has 0 N–H and O–H groups in total. The molecule has 5 heteroatoms. The number of hydrogen-bond donors (Lipinski definition) is 0. The molecule has 2 nitrogen and oxygen atoms in total. The van der Waals surface area contributed by atoms with Gasteiger partial charge in [-0.2, -0.15) is 13.2 Å². The van der Waals surface area contributed by atoms with Crippen molar-refractivity contribution < 1.29 is 18.0 Å². The molecule has 0 saturated heterocycles. The molecule has 1 aromatic heterocycles. The van der Waals surface area contributed by atoms with Crippen LogP contribution in [0.25, 0.3) is 0 Å². The van der Waals surface area contributed by atoms with Gasteiger partial charge in [0.1, 0.15) is 0 Å². The molecule has 0 amide bonds. The van der Waals surface area contributed by atoms with Crippen LogP contribution in [0.4, 0.5) is 13.2 Å². The van der Waals surface area contributed by atoms with Gasteiger partial charge in [-0.3, -0.25) is 9.78 Å². The van der Waals surface area contributed by atoms with Crippen LogP contribution in [0.2, 0.25) is 0 Å². The highest BCUT2D eigenvalue weighted by Crippen LogP contribution is 2.29. The third-order valence-corrected chi connectivity index (χ3v) is 3.00. The summed E-state index contributed by atoms with van der Waals surface area (Å²) in [5.41, 5.74) is 0.720. The van der Waals surface area contributed by atoms with Gasteiger partial charge in [0.15, 0.2) is 5.78 Å². The van der Waals surface area contributed by atoms with Crippen molar-refractivity contribution in [3.05, 3.63) is 65.0 Å². The summed E-state index contributed by atoms with van der Waals surface area (Å²) in [4.78, 5) is 16.2. The number of hydrogen-bond acceptors (Lipinski definition) is 2. The van der Waals surface area contributed by atoms with Crippen LogP contribution >= 0.6 is 0 Å². The average Bonchev–Trinajstić information content (AvgIpc) is 2.45. The lowest BCUT2D eigenvalue weighted by atomic mass is 9.98. The predicted octanol–water partition coefficient (Wildman–Crippen LogP) is 3.89. The summed E-state index contributed by atoms with van der Waals surface area (Å²) in [6.45, 7) is 1.89. The summed E-state index contributed by atoms with van der Waals surface area (Å²) in [6.07, 6.45) is -0.670. The molecule has 0 spiro atoms. The van der Waals surface area contributed by atoms with Crippen LogP contribution in [0.5, 0.6) is 0 Å². The lowest BCUT2D eigenvalue weighted by molar-refractivity contribution is -0.137. The first kappa shape index (κ1) is 14.2. The van der Waals surface area contributed by atoms with E-state index in [4.69, 9.17) is 0 Å². The minimum Gasteiger partial charge on any atom is -0.289 e. The number of pyridine rings is 1. The van der Waals surface area contributed by atoms with Gasteiger partial charge in [-0.05, 0) is 30.2 Å². The molecule has 0 radical (unpaired) electrons. The summed E-state index contributed by atoms with van der Waals surface area (Å²) in [6, 6.07) is 5.81. The van der Waals surface area contributed by atoms with Crippen LogP contribution in [0, 0.1) is 0 Å². The van der Waals surface area contributed by atoms with Crippen molar-refractivity contribution in [1.29, 1.82) is 0 Å². The molecule has 104 valence electrons. The molecule has 2 aromatic rings. The van der Waals surface area contributed by atoms with E-state index in [9.17, 15) is 18.0 Å². The van der Waals surface area contributed by atoms with Gasteiger partial charge in [0.05, 0.1) is 5.56 Å². The van der Waals surface area contributed by atoms with Crippen molar-refractivity contribution in [3.8, 4) is 0 Å². The zero-order valence-electron chi connectivity index (χ0n) is 10.7. The van der Waals surface area contributed by atoms with Crippen LogP contribution in [-0.4, -0.2) is 10.8 Å². The Labute approximate surface area is 114 Å². The number of rotatable bonds is 3. The van der Waals surface area contributed by atoms with Crippen molar-refractivity contribution >= 4 is 5.78 Å². The quantitative estimate of drug-likeness (QED) is 0.798. The maximum atomic E-state index is 12.5. The van der Waals surface area contributed by atoms with Crippen LogP contribution < -0.4 is 0 Å². The van der Waals surface area contributed by atoms with Gasteiger partial charge in [0.2, 0.25) is 0 Å². The molecule has 1 heterocycles. The molecule has 0 atom stereocenters. The van der Waals surface area contributed by atoms with Gasteiger partial charge in [-0.15, -0.1) is 0 Å². The number of nitrogens with zero attached hydrogens (tertiary/aromatic N) is 1. The van der Waals surface area contributed by atoms with E-state index in [1.807, 2.05) is 6.92 Å². The normalized spacial score (nSPS) is 11.4. The first-order valence-electron chi connectivity index (χ1n) is 6.08. The fraction of sp³-hybridized carbons (Fsp3) is 0.200. The smallest absolute Gasteiger partial charge is 0.289 e. The average molecular weight is 279 g/mol. The summed E-state index contributed by atoms with van der Waals surface area (Å²) >= 11 is 0. The Morgan fingerprint density at radius 2 is 1.80 bits per heavy atom. The Balaban J connectivity index is 2.34. The second-order valence-electron chi connectivity index (χ2n) is 4.29. The topological polar surface area (TPSA) is 30.0 Å². The van der Waals surface area contributed by atoms with Crippen LogP contribution in [0.15, 0.2) is 42.7 Å². The maximum Gasteiger partial charge on any atom is 0.416 e. The standard InChI is InChI=1S/C15H12F3NO/c1-2-10-9-19-8-7-13(10)14(20)11-3-5-12(6-4-11)15(16,17)18/h3-9H,2H2,1H3. The van der Waals surface area contributed by atoms with Crippen molar-refractivity contribution in [2.24, 2.45) is 0 Å². The van der Waals surface area contributed by atoms with Crippen LogP contribution in [-0.2, 0) is 12.6 Å². The molecule has 0 aliphatic rings. The van der Waals surface area contributed by atoms with Crippen molar-refractivity contribution in [2.45, 2.75) is 19.5 Å². The van der Waals surface area contributed by atoms with Gasteiger partial charge in [-0.1, -0.05) is 19.1 Å². The largest absolute Gasteiger partial charge is 0.416 e. The van der Waals surface area contributed by atoms with E-state index in [2.05, 4.69) is 4.98 Å². The minimum atomic E-state index is -4.40. The lowest BCUT2D eigenvalue weighted by Gasteiger charge is -2.09. The van der Waals surface area contributed by atoms with Crippen molar-refractivity contribution in [1.82, 2.24) is 4.98 Å². The number of ketones is 1. The number of carbonyl (C=O) groups is 1. The Morgan fingerprint density at radius 3 is 2.35 bits per heavy atom. The Kier molecular flexibility index (Phi) is 3.88. The Bertz CT molecular complexity index is 618. The van der Waals surface area contributed by atoms with Gasteiger partial charge in [-0.25, -0.2) is 0 Å². The van der Waals surface area contributed by atoms with Crippen molar-refractivity contribution in [2.75, 3.05) is 0 Å². The zero-order chi connectivity index (χ0) is 14.8. The molecule has 0 bridgehead atoms. The zero-order valence-corrected chi connectivity index (χ0v) is 10.7. The second kappa shape index (κ2) is 5.45. The molecule has 0 unspecified atom stereocenters. The number of halogens is 3. The number of aryl methyl sites for hydroxylation is 1. The highest BCUT2D eigenvalue weighted by atomic mass is 19.4. The monoisotopic (exact) mass is 279 g/mol. The maximum absolute atomic E-state index is 12.5. The first-order chi connectivity index (χ1) is 9.43. The third kappa shape index (κ3) is 2.87. The van der Waals surface area contributed by atoms with E-state index in [-0.39, 0.29) is 11.3 Å². The summed E-state index contributed by atoms with van der Waals surface area (Å²) in [5, 5.41) is 0. The van der Waals surface area contributed by atoms with Gasteiger partial charge >= 0.3 is 6.18 Å². The van der Waals surface area contributed by atoms with E-state index >= 15 is 0 Å². The van der Waals surface area contributed by atoms with Gasteiger partial charge < -0.3 is 0 Å². The number of benzene rings is 1. The minimum absolute atomic E-state index is 0.235. The Hall–Kier alpha value is -2.17. The van der Waals surface area contributed by atoms with E-state index < -0.39 is 11.7 Å². The molecule has 0 fully saturated rings. The summed E-state index contributed by atoms with van der Waals surface area (Å²) in [5.74, 6) is -0.294. The molecule has 2 rings (SSSR count). The molecular weight excluding hydrogens is 267 g/mol. The fourth-order valence-corrected chi connectivity index (χ4v) is 1.90. The molecule has 0 aliphatic heterocycles. The van der Waals surface area contributed by atoms with E-state index in [0.717, 1.165) is 17.7 Å². The van der Waals surface area contributed by atoms with Gasteiger partial charge in [0, 0.05) is 23.5 Å². The van der Waals surface area contributed by atoms with Crippen molar-refractivity contribution in [3.63, 3.8) is 0 Å². The number of carbonyl (C=O) groups excluding carboxylic acids is 1. The molecule has 20 heavy (non-hydrogen) atoms. The number of aromatic nitrogens is 1. The Morgan fingerprint density at radius 1 is 1.15 bits per heavy atom.